The third kappa shape index (κ3) is 4.92. The Labute approximate surface area is 154 Å². The van der Waals surface area contributed by atoms with Crippen molar-refractivity contribution in [1.82, 2.24) is 5.32 Å². The maximum Gasteiger partial charge on any atom is 0.231 e. The van der Waals surface area contributed by atoms with Gasteiger partial charge in [0.1, 0.15) is 0 Å². The smallest absolute Gasteiger partial charge is 0.231 e. The number of nitrogens with one attached hydrogen (secondary N) is 2. The number of rotatable bonds is 6. The molecule has 2 amide bonds. The van der Waals surface area contributed by atoms with Crippen molar-refractivity contribution in [3.63, 3.8) is 0 Å². The largest absolute Gasteiger partial charge is 0.326 e. The number of likely N-dealkylation sites (N-methyl/N-ethyl adjacent to an activating group) is 1. The molecular weight excluding hydrogens is 326 g/mol. The summed E-state index contributed by atoms with van der Waals surface area (Å²) >= 11 is 0. The predicted octanol–water partition coefficient (Wildman–Crippen LogP) is 2.97. The Morgan fingerprint density at radius 1 is 1.12 bits per heavy atom. The Bertz CT molecular complexity index is 738. The Kier molecular flexibility index (Phi) is 6.02. The van der Waals surface area contributed by atoms with E-state index in [0.717, 1.165) is 36.3 Å². The molecule has 2 aromatic carbocycles. The summed E-state index contributed by atoms with van der Waals surface area (Å²) < 4.78 is 0. The molecule has 26 heavy (non-hydrogen) atoms. The van der Waals surface area contributed by atoms with Gasteiger partial charge in [-0.25, -0.2) is 0 Å². The van der Waals surface area contributed by atoms with Crippen molar-refractivity contribution in [2.75, 3.05) is 23.8 Å². The van der Waals surface area contributed by atoms with E-state index in [2.05, 4.69) is 10.6 Å². The highest BCUT2D eigenvalue weighted by Crippen LogP contribution is 2.16. The Morgan fingerprint density at radius 3 is 2.50 bits per heavy atom. The summed E-state index contributed by atoms with van der Waals surface area (Å²) in [4.78, 5) is 26.1. The van der Waals surface area contributed by atoms with Gasteiger partial charge in [-0.05, 0) is 49.2 Å². The number of carbonyl (C=O) groups is 2. The first-order valence-electron chi connectivity index (χ1n) is 9.05. The summed E-state index contributed by atoms with van der Waals surface area (Å²) in [6.07, 6.45) is 3.02. The zero-order chi connectivity index (χ0) is 18.4. The first kappa shape index (κ1) is 18.1. The van der Waals surface area contributed by atoms with E-state index in [1.54, 1.807) is 11.9 Å². The van der Waals surface area contributed by atoms with Gasteiger partial charge in [-0.2, -0.15) is 0 Å². The molecule has 1 unspecified atom stereocenters. The minimum Gasteiger partial charge on any atom is -0.326 e. The van der Waals surface area contributed by atoms with Crippen LogP contribution in [-0.4, -0.2) is 31.4 Å². The molecule has 1 heterocycles. The summed E-state index contributed by atoms with van der Waals surface area (Å²) in [5.41, 5.74) is 2.57. The molecule has 0 spiro atoms. The molecule has 0 aliphatic carbocycles. The van der Waals surface area contributed by atoms with Gasteiger partial charge in [-0.3, -0.25) is 9.59 Å². The van der Waals surface area contributed by atoms with Gasteiger partial charge < -0.3 is 15.5 Å². The number of anilines is 2. The zero-order valence-corrected chi connectivity index (χ0v) is 15.1. The fourth-order valence-corrected chi connectivity index (χ4v) is 3.16. The zero-order valence-electron chi connectivity index (χ0n) is 15.1. The summed E-state index contributed by atoms with van der Waals surface area (Å²) in [6, 6.07) is 17.4. The first-order valence-corrected chi connectivity index (χ1v) is 9.05. The molecule has 0 bridgehead atoms. The Balaban J connectivity index is 1.52. The fraction of sp³-hybridized carbons (Fsp3) is 0.333. The molecule has 0 radical (unpaired) electrons. The lowest BCUT2D eigenvalue weighted by molar-refractivity contribution is -0.118. The van der Waals surface area contributed by atoms with Crippen LogP contribution < -0.4 is 15.5 Å². The van der Waals surface area contributed by atoms with Crippen LogP contribution in [-0.2, 0) is 16.0 Å². The SMILES string of the molecule is CN(C(=O)Cc1ccc(NC(=O)CC2CCCN2)cc1)c1ccccc1. The molecule has 1 saturated heterocycles. The lowest BCUT2D eigenvalue weighted by Crippen LogP contribution is -2.28. The van der Waals surface area contributed by atoms with Crippen LogP contribution in [0, 0.1) is 0 Å². The second kappa shape index (κ2) is 8.63. The third-order valence-corrected chi connectivity index (χ3v) is 4.70. The van der Waals surface area contributed by atoms with Gasteiger partial charge >= 0.3 is 0 Å². The van der Waals surface area contributed by atoms with Gasteiger partial charge in [-0.1, -0.05) is 30.3 Å². The molecular formula is C21H25N3O2. The lowest BCUT2D eigenvalue weighted by Gasteiger charge is -2.17. The first-order chi connectivity index (χ1) is 12.6. The Hall–Kier alpha value is -2.66. The summed E-state index contributed by atoms with van der Waals surface area (Å²) in [7, 11) is 1.78. The highest BCUT2D eigenvalue weighted by atomic mass is 16.2. The van der Waals surface area contributed by atoms with E-state index < -0.39 is 0 Å². The van der Waals surface area contributed by atoms with Crippen LogP contribution in [0.15, 0.2) is 54.6 Å². The molecule has 1 atom stereocenters. The van der Waals surface area contributed by atoms with Crippen molar-refractivity contribution in [1.29, 1.82) is 0 Å². The quantitative estimate of drug-likeness (QED) is 0.841. The van der Waals surface area contributed by atoms with Crippen molar-refractivity contribution in [2.45, 2.75) is 31.7 Å². The topological polar surface area (TPSA) is 61.4 Å². The molecule has 5 nitrogen and oxygen atoms in total. The molecule has 136 valence electrons. The molecule has 1 aliphatic rings. The van der Waals surface area contributed by atoms with Gasteiger partial charge in [0.05, 0.1) is 6.42 Å². The highest BCUT2D eigenvalue weighted by Gasteiger charge is 2.17. The van der Waals surface area contributed by atoms with E-state index in [1.807, 2.05) is 54.6 Å². The third-order valence-electron chi connectivity index (χ3n) is 4.70. The van der Waals surface area contributed by atoms with Crippen molar-refractivity contribution in [3.8, 4) is 0 Å². The molecule has 5 heteroatoms. The van der Waals surface area contributed by atoms with Gasteiger partial charge in [0.15, 0.2) is 0 Å². The highest BCUT2D eigenvalue weighted by molar-refractivity contribution is 5.94. The maximum absolute atomic E-state index is 12.4. The number of hydrogen-bond donors (Lipinski definition) is 2. The molecule has 1 fully saturated rings. The second-order valence-electron chi connectivity index (χ2n) is 6.71. The van der Waals surface area contributed by atoms with E-state index in [-0.39, 0.29) is 11.8 Å². The number of carbonyl (C=O) groups excluding carboxylic acids is 2. The molecule has 1 aliphatic heterocycles. The summed E-state index contributed by atoms with van der Waals surface area (Å²) in [5, 5.41) is 6.25. The van der Waals surface area contributed by atoms with E-state index in [1.165, 1.54) is 0 Å². The standard InChI is InChI=1S/C21H25N3O2/c1-24(19-7-3-2-4-8-19)21(26)14-16-9-11-17(12-10-16)23-20(25)15-18-6-5-13-22-18/h2-4,7-12,18,22H,5-6,13-15H2,1H3,(H,23,25). The van der Waals surface area contributed by atoms with Crippen LogP contribution in [0.25, 0.3) is 0 Å². The van der Waals surface area contributed by atoms with Crippen LogP contribution in [0.1, 0.15) is 24.8 Å². The minimum atomic E-state index is 0.0250. The van der Waals surface area contributed by atoms with Gasteiger partial charge in [0, 0.05) is 30.9 Å². The molecule has 2 aromatic rings. The molecule has 0 saturated carbocycles. The average Bonchev–Trinajstić information content (AvgIpc) is 3.16. The minimum absolute atomic E-state index is 0.0250. The molecule has 3 rings (SSSR count). The van der Waals surface area contributed by atoms with Crippen LogP contribution in [0.3, 0.4) is 0 Å². The number of amides is 2. The number of benzene rings is 2. The van der Waals surface area contributed by atoms with E-state index >= 15 is 0 Å². The van der Waals surface area contributed by atoms with Gasteiger partial charge in [0.2, 0.25) is 11.8 Å². The monoisotopic (exact) mass is 351 g/mol. The summed E-state index contributed by atoms with van der Waals surface area (Å²) in [5.74, 6) is 0.0531. The number of hydrogen-bond acceptors (Lipinski definition) is 3. The van der Waals surface area contributed by atoms with Gasteiger partial charge in [0.25, 0.3) is 0 Å². The molecule has 2 N–H and O–H groups in total. The Morgan fingerprint density at radius 2 is 1.85 bits per heavy atom. The fourth-order valence-electron chi connectivity index (χ4n) is 3.16. The lowest BCUT2D eigenvalue weighted by atomic mass is 10.1. The average molecular weight is 351 g/mol. The second-order valence-corrected chi connectivity index (χ2v) is 6.71. The normalized spacial score (nSPS) is 16.3. The number of nitrogens with zero attached hydrogens (tertiary/aromatic N) is 1. The van der Waals surface area contributed by atoms with E-state index in [9.17, 15) is 9.59 Å². The predicted molar refractivity (Wildman–Crippen MR) is 104 cm³/mol. The van der Waals surface area contributed by atoms with Crippen LogP contribution in [0.5, 0.6) is 0 Å². The maximum atomic E-state index is 12.4. The van der Waals surface area contributed by atoms with Crippen molar-refractivity contribution in [2.24, 2.45) is 0 Å². The van der Waals surface area contributed by atoms with Crippen LogP contribution >= 0.6 is 0 Å². The number of para-hydroxylation sites is 1. The van der Waals surface area contributed by atoms with Crippen LogP contribution in [0.4, 0.5) is 11.4 Å². The van der Waals surface area contributed by atoms with Crippen molar-refractivity contribution >= 4 is 23.2 Å². The van der Waals surface area contributed by atoms with Crippen molar-refractivity contribution in [3.05, 3.63) is 60.2 Å². The summed E-state index contributed by atoms with van der Waals surface area (Å²) in [6.45, 7) is 0.998. The van der Waals surface area contributed by atoms with Crippen LogP contribution in [0.2, 0.25) is 0 Å². The van der Waals surface area contributed by atoms with Gasteiger partial charge in [-0.15, -0.1) is 0 Å². The van der Waals surface area contributed by atoms with Crippen molar-refractivity contribution < 1.29 is 9.59 Å². The molecule has 0 aromatic heterocycles. The van der Waals surface area contributed by atoms with E-state index in [4.69, 9.17) is 0 Å². The van der Waals surface area contributed by atoms with E-state index in [0.29, 0.717) is 18.9 Å².